The Morgan fingerprint density at radius 3 is 2.82 bits per heavy atom. The SMILES string of the molecule is CC1(CNC(=O)c2ccccc2)CCCNC1. The molecule has 0 aliphatic carbocycles. The van der Waals surface area contributed by atoms with Crippen LogP contribution >= 0.6 is 0 Å². The zero-order valence-electron chi connectivity index (χ0n) is 10.3. The molecular weight excluding hydrogens is 212 g/mol. The highest BCUT2D eigenvalue weighted by atomic mass is 16.1. The van der Waals surface area contributed by atoms with Crippen molar-refractivity contribution in [1.82, 2.24) is 10.6 Å². The maximum absolute atomic E-state index is 11.9. The molecule has 0 spiro atoms. The molecule has 0 radical (unpaired) electrons. The topological polar surface area (TPSA) is 41.1 Å². The fraction of sp³-hybridized carbons (Fsp3) is 0.500. The van der Waals surface area contributed by atoms with Crippen LogP contribution in [0.4, 0.5) is 0 Å². The molecule has 1 aliphatic rings. The van der Waals surface area contributed by atoms with Gasteiger partial charge in [-0.2, -0.15) is 0 Å². The minimum atomic E-state index is 0.0254. The van der Waals surface area contributed by atoms with E-state index in [9.17, 15) is 4.79 Å². The molecule has 1 heterocycles. The van der Waals surface area contributed by atoms with E-state index >= 15 is 0 Å². The van der Waals surface area contributed by atoms with Crippen LogP contribution < -0.4 is 10.6 Å². The molecule has 1 aromatic rings. The van der Waals surface area contributed by atoms with Gasteiger partial charge in [0.15, 0.2) is 0 Å². The highest BCUT2D eigenvalue weighted by molar-refractivity contribution is 5.94. The molecule has 1 amide bonds. The van der Waals surface area contributed by atoms with Crippen molar-refractivity contribution in [2.75, 3.05) is 19.6 Å². The van der Waals surface area contributed by atoms with Crippen LogP contribution in [-0.2, 0) is 0 Å². The monoisotopic (exact) mass is 232 g/mol. The van der Waals surface area contributed by atoms with E-state index in [1.807, 2.05) is 30.3 Å². The third kappa shape index (κ3) is 3.30. The lowest BCUT2D eigenvalue weighted by atomic mass is 9.83. The van der Waals surface area contributed by atoms with Crippen LogP contribution in [0.15, 0.2) is 30.3 Å². The van der Waals surface area contributed by atoms with Crippen LogP contribution in [0.5, 0.6) is 0 Å². The second-order valence-corrected chi connectivity index (χ2v) is 5.14. The van der Waals surface area contributed by atoms with Crippen LogP contribution in [0.3, 0.4) is 0 Å². The first-order chi connectivity index (χ1) is 8.20. The molecule has 0 saturated carbocycles. The Labute approximate surface area is 103 Å². The average molecular weight is 232 g/mol. The molecule has 0 bridgehead atoms. The van der Waals surface area contributed by atoms with Crippen molar-refractivity contribution in [1.29, 1.82) is 0 Å². The number of piperidine rings is 1. The fourth-order valence-corrected chi connectivity index (χ4v) is 2.25. The number of nitrogens with one attached hydrogen (secondary N) is 2. The summed E-state index contributed by atoms with van der Waals surface area (Å²) in [6, 6.07) is 9.38. The van der Waals surface area contributed by atoms with Gasteiger partial charge in [-0.25, -0.2) is 0 Å². The Kier molecular flexibility index (Phi) is 3.79. The van der Waals surface area contributed by atoms with Crippen LogP contribution in [-0.4, -0.2) is 25.5 Å². The van der Waals surface area contributed by atoms with Gasteiger partial charge in [0.2, 0.25) is 0 Å². The largest absolute Gasteiger partial charge is 0.351 e. The molecule has 1 unspecified atom stereocenters. The molecule has 1 fully saturated rings. The van der Waals surface area contributed by atoms with Crippen molar-refractivity contribution in [3.05, 3.63) is 35.9 Å². The molecule has 1 atom stereocenters. The Morgan fingerprint density at radius 2 is 2.18 bits per heavy atom. The van der Waals surface area contributed by atoms with E-state index < -0.39 is 0 Å². The molecule has 2 N–H and O–H groups in total. The number of rotatable bonds is 3. The summed E-state index contributed by atoms with van der Waals surface area (Å²) in [7, 11) is 0. The van der Waals surface area contributed by atoms with Crippen molar-refractivity contribution in [2.24, 2.45) is 5.41 Å². The summed E-state index contributed by atoms with van der Waals surface area (Å²) >= 11 is 0. The molecule has 92 valence electrons. The van der Waals surface area contributed by atoms with Gasteiger partial charge in [-0.15, -0.1) is 0 Å². The molecule has 1 aliphatic heterocycles. The second-order valence-electron chi connectivity index (χ2n) is 5.14. The molecule has 0 aromatic heterocycles. The molecule has 17 heavy (non-hydrogen) atoms. The van der Waals surface area contributed by atoms with Gasteiger partial charge in [-0.1, -0.05) is 25.1 Å². The first-order valence-corrected chi connectivity index (χ1v) is 6.24. The highest BCUT2D eigenvalue weighted by Crippen LogP contribution is 2.24. The number of benzene rings is 1. The normalized spacial score (nSPS) is 24.3. The van der Waals surface area contributed by atoms with E-state index in [2.05, 4.69) is 17.6 Å². The minimum absolute atomic E-state index is 0.0254. The number of hydrogen-bond acceptors (Lipinski definition) is 2. The van der Waals surface area contributed by atoms with Crippen LogP contribution in [0.25, 0.3) is 0 Å². The van der Waals surface area contributed by atoms with E-state index in [0.29, 0.717) is 0 Å². The highest BCUT2D eigenvalue weighted by Gasteiger charge is 2.27. The molecule has 2 rings (SSSR count). The first-order valence-electron chi connectivity index (χ1n) is 6.24. The van der Waals surface area contributed by atoms with E-state index in [1.54, 1.807) is 0 Å². The van der Waals surface area contributed by atoms with Gasteiger partial charge < -0.3 is 10.6 Å². The second kappa shape index (κ2) is 5.32. The number of carbonyl (C=O) groups is 1. The standard InChI is InChI=1S/C14H20N2O/c1-14(8-5-9-15-10-14)11-16-13(17)12-6-3-2-4-7-12/h2-4,6-7,15H,5,8-11H2,1H3,(H,16,17). The number of hydrogen-bond donors (Lipinski definition) is 2. The van der Waals surface area contributed by atoms with Gasteiger partial charge >= 0.3 is 0 Å². The summed E-state index contributed by atoms with van der Waals surface area (Å²) in [5.74, 6) is 0.0254. The average Bonchev–Trinajstić information content (AvgIpc) is 2.38. The lowest BCUT2D eigenvalue weighted by Gasteiger charge is -2.34. The summed E-state index contributed by atoms with van der Waals surface area (Å²) in [6.45, 7) is 5.06. The number of amides is 1. The summed E-state index contributed by atoms with van der Waals surface area (Å²) in [5, 5.41) is 6.42. The summed E-state index contributed by atoms with van der Waals surface area (Å²) < 4.78 is 0. The van der Waals surface area contributed by atoms with Crippen molar-refractivity contribution in [2.45, 2.75) is 19.8 Å². The summed E-state index contributed by atoms with van der Waals surface area (Å²) in [5.41, 5.74) is 0.933. The Hall–Kier alpha value is -1.35. The first kappa shape index (κ1) is 12.1. The molecule has 1 aromatic carbocycles. The smallest absolute Gasteiger partial charge is 0.251 e. The lowest BCUT2D eigenvalue weighted by Crippen LogP contribution is -2.45. The Balaban J connectivity index is 1.87. The van der Waals surface area contributed by atoms with E-state index in [0.717, 1.165) is 25.2 Å². The van der Waals surface area contributed by atoms with Gasteiger partial charge in [-0.05, 0) is 36.9 Å². The van der Waals surface area contributed by atoms with Crippen LogP contribution in [0.1, 0.15) is 30.1 Å². The zero-order chi connectivity index (χ0) is 12.1. The van der Waals surface area contributed by atoms with E-state index in [4.69, 9.17) is 0 Å². The molecule has 1 saturated heterocycles. The van der Waals surface area contributed by atoms with E-state index in [-0.39, 0.29) is 11.3 Å². The summed E-state index contributed by atoms with van der Waals surface area (Å²) in [4.78, 5) is 11.9. The maximum Gasteiger partial charge on any atom is 0.251 e. The van der Waals surface area contributed by atoms with Gasteiger partial charge in [-0.3, -0.25) is 4.79 Å². The zero-order valence-corrected chi connectivity index (χ0v) is 10.3. The third-order valence-electron chi connectivity index (χ3n) is 3.40. The van der Waals surface area contributed by atoms with Gasteiger partial charge in [0.05, 0.1) is 0 Å². The quantitative estimate of drug-likeness (QED) is 0.834. The molecule has 3 nitrogen and oxygen atoms in total. The van der Waals surface area contributed by atoms with Crippen molar-refractivity contribution >= 4 is 5.91 Å². The minimum Gasteiger partial charge on any atom is -0.351 e. The summed E-state index contributed by atoms with van der Waals surface area (Å²) in [6.07, 6.45) is 2.37. The van der Waals surface area contributed by atoms with E-state index in [1.165, 1.54) is 12.8 Å². The predicted molar refractivity (Wildman–Crippen MR) is 69.0 cm³/mol. The predicted octanol–water partition coefficient (Wildman–Crippen LogP) is 1.81. The third-order valence-corrected chi connectivity index (χ3v) is 3.40. The van der Waals surface area contributed by atoms with Crippen molar-refractivity contribution in [3.8, 4) is 0 Å². The maximum atomic E-state index is 11.9. The molecular formula is C14H20N2O. The van der Waals surface area contributed by atoms with Crippen LogP contribution in [0, 0.1) is 5.41 Å². The van der Waals surface area contributed by atoms with Gasteiger partial charge in [0.1, 0.15) is 0 Å². The Bertz CT molecular complexity index is 369. The number of carbonyl (C=O) groups excluding carboxylic acids is 1. The molecule has 3 heteroatoms. The van der Waals surface area contributed by atoms with Crippen molar-refractivity contribution in [3.63, 3.8) is 0 Å². The van der Waals surface area contributed by atoms with Gasteiger partial charge in [0, 0.05) is 18.7 Å². The fourth-order valence-electron chi connectivity index (χ4n) is 2.25. The lowest BCUT2D eigenvalue weighted by molar-refractivity contribution is 0.0924. The van der Waals surface area contributed by atoms with Gasteiger partial charge in [0.25, 0.3) is 5.91 Å². The van der Waals surface area contributed by atoms with Crippen LogP contribution in [0.2, 0.25) is 0 Å². The van der Waals surface area contributed by atoms with Crippen molar-refractivity contribution < 1.29 is 4.79 Å². The Morgan fingerprint density at radius 1 is 1.41 bits per heavy atom.